The van der Waals surface area contributed by atoms with Gasteiger partial charge in [-0.05, 0) is 37.2 Å². The van der Waals surface area contributed by atoms with Crippen LogP contribution in [0.15, 0.2) is 36.8 Å². The molecule has 0 spiro atoms. The van der Waals surface area contributed by atoms with E-state index in [4.69, 9.17) is 5.73 Å². The molecule has 108 valence electrons. The Labute approximate surface area is 124 Å². The number of amides is 1. The topological polar surface area (TPSA) is 60.9 Å². The van der Waals surface area contributed by atoms with E-state index in [1.165, 1.54) is 16.8 Å². The van der Waals surface area contributed by atoms with Gasteiger partial charge in [0.2, 0.25) is 5.91 Å². The van der Waals surface area contributed by atoms with Crippen molar-refractivity contribution in [1.82, 2.24) is 9.55 Å². The smallest absolute Gasteiger partial charge is 0.220 e. The van der Waals surface area contributed by atoms with E-state index >= 15 is 0 Å². The van der Waals surface area contributed by atoms with E-state index in [0.717, 1.165) is 25.7 Å². The van der Waals surface area contributed by atoms with Gasteiger partial charge in [0.05, 0.1) is 24.3 Å². The van der Waals surface area contributed by atoms with Crippen molar-refractivity contribution in [2.45, 2.75) is 31.7 Å². The van der Waals surface area contributed by atoms with Gasteiger partial charge in [-0.2, -0.15) is 0 Å². The molecule has 4 heteroatoms. The Morgan fingerprint density at radius 1 is 1.19 bits per heavy atom. The highest BCUT2D eigenvalue weighted by Gasteiger charge is 2.36. The quantitative estimate of drug-likeness (QED) is 0.920. The van der Waals surface area contributed by atoms with Crippen molar-refractivity contribution in [3.63, 3.8) is 0 Å². The van der Waals surface area contributed by atoms with E-state index in [2.05, 4.69) is 33.8 Å². The number of rotatable bonds is 2. The molecular formula is C17H19N3O. The molecule has 0 unspecified atom stereocenters. The summed E-state index contributed by atoms with van der Waals surface area (Å²) in [5.41, 5.74) is 9.37. The molecule has 4 rings (SSSR count). The third-order valence-corrected chi connectivity index (χ3v) is 5.14. The third kappa shape index (κ3) is 1.89. The first-order valence-corrected chi connectivity index (χ1v) is 7.66. The molecule has 4 nitrogen and oxygen atoms in total. The van der Waals surface area contributed by atoms with Crippen LogP contribution in [0.5, 0.6) is 0 Å². The molecule has 1 amide bonds. The van der Waals surface area contributed by atoms with Crippen LogP contribution in [0.2, 0.25) is 0 Å². The second-order valence-corrected chi connectivity index (χ2v) is 6.23. The van der Waals surface area contributed by atoms with Crippen LogP contribution >= 0.6 is 0 Å². The average Bonchev–Trinajstić information content (AvgIpc) is 3.07. The number of carbonyl (C=O) groups is 1. The van der Waals surface area contributed by atoms with Gasteiger partial charge in [-0.15, -0.1) is 0 Å². The number of hydrogen-bond acceptors (Lipinski definition) is 2. The zero-order valence-corrected chi connectivity index (χ0v) is 11.9. The van der Waals surface area contributed by atoms with Crippen LogP contribution in [0.3, 0.4) is 0 Å². The first-order chi connectivity index (χ1) is 10.3. The Kier molecular flexibility index (Phi) is 2.84. The summed E-state index contributed by atoms with van der Waals surface area (Å²) in [4.78, 5) is 15.7. The largest absolute Gasteiger partial charge is 0.369 e. The van der Waals surface area contributed by atoms with Crippen molar-refractivity contribution >= 4 is 5.91 Å². The molecule has 2 aliphatic rings. The molecule has 1 aromatic carbocycles. The predicted octanol–water partition coefficient (Wildman–Crippen LogP) is 2.74. The molecule has 1 atom stereocenters. The molecule has 1 fully saturated rings. The minimum Gasteiger partial charge on any atom is -0.369 e. The molecule has 1 aliphatic carbocycles. The number of imidazole rings is 1. The zero-order chi connectivity index (χ0) is 14.4. The highest BCUT2D eigenvalue weighted by atomic mass is 16.1. The average molecular weight is 281 g/mol. The predicted molar refractivity (Wildman–Crippen MR) is 80.4 cm³/mol. The number of nitrogens with zero attached hydrogens (tertiary/aromatic N) is 2. The maximum atomic E-state index is 11.3. The zero-order valence-electron chi connectivity index (χ0n) is 11.9. The summed E-state index contributed by atoms with van der Waals surface area (Å²) >= 11 is 0. The Balaban J connectivity index is 1.66. The van der Waals surface area contributed by atoms with Gasteiger partial charge in [0, 0.05) is 11.5 Å². The lowest BCUT2D eigenvalue weighted by Gasteiger charge is -2.32. The molecule has 1 saturated carbocycles. The van der Waals surface area contributed by atoms with E-state index in [0.29, 0.717) is 12.0 Å². The normalized spacial score (nSPS) is 27.1. The lowest BCUT2D eigenvalue weighted by Crippen LogP contribution is -2.30. The fraction of sp³-hybridized carbons (Fsp3) is 0.412. The summed E-state index contributed by atoms with van der Waals surface area (Å²) in [6, 6.07) is 8.97. The van der Waals surface area contributed by atoms with Crippen LogP contribution in [0.1, 0.15) is 37.3 Å². The standard InChI is InChI=1S/C17H19N3O/c18-17(21)12-7-5-11(6-8-12)16-14-4-2-1-3-13(14)15-9-19-10-20(15)16/h1-4,9-12,16H,5-8H2,(H2,18,21)/t11-,12+,16-/m1/s1. The number of benzene rings is 1. The van der Waals surface area contributed by atoms with Gasteiger partial charge < -0.3 is 10.3 Å². The van der Waals surface area contributed by atoms with E-state index in [9.17, 15) is 4.79 Å². The molecule has 0 saturated heterocycles. The van der Waals surface area contributed by atoms with Crippen LogP contribution in [-0.4, -0.2) is 15.5 Å². The molecule has 0 radical (unpaired) electrons. The fourth-order valence-corrected chi connectivity index (χ4v) is 4.07. The number of nitrogens with two attached hydrogens (primary N) is 1. The van der Waals surface area contributed by atoms with Crippen molar-refractivity contribution in [2.75, 3.05) is 0 Å². The molecule has 0 bridgehead atoms. The van der Waals surface area contributed by atoms with E-state index in [-0.39, 0.29) is 11.8 Å². The van der Waals surface area contributed by atoms with Crippen LogP contribution < -0.4 is 5.73 Å². The second-order valence-electron chi connectivity index (χ2n) is 6.23. The fourth-order valence-electron chi connectivity index (χ4n) is 4.07. The van der Waals surface area contributed by atoms with Crippen molar-refractivity contribution < 1.29 is 4.79 Å². The van der Waals surface area contributed by atoms with Crippen molar-refractivity contribution in [3.8, 4) is 11.3 Å². The van der Waals surface area contributed by atoms with Gasteiger partial charge in [0.25, 0.3) is 0 Å². The lowest BCUT2D eigenvalue weighted by atomic mass is 9.76. The first-order valence-electron chi connectivity index (χ1n) is 7.66. The van der Waals surface area contributed by atoms with Crippen molar-refractivity contribution in [3.05, 3.63) is 42.4 Å². The summed E-state index contributed by atoms with van der Waals surface area (Å²) in [6.45, 7) is 0. The Morgan fingerprint density at radius 2 is 1.95 bits per heavy atom. The Morgan fingerprint density at radius 3 is 2.71 bits per heavy atom. The highest BCUT2D eigenvalue weighted by molar-refractivity contribution is 5.76. The number of fused-ring (bicyclic) bond motifs is 3. The maximum Gasteiger partial charge on any atom is 0.220 e. The number of hydrogen-bond donors (Lipinski definition) is 1. The summed E-state index contributed by atoms with van der Waals surface area (Å²) < 4.78 is 2.31. The van der Waals surface area contributed by atoms with Gasteiger partial charge in [0.15, 0.2) is 0 Å². The summed E-state index contributed by atoms with van der Waals surface area (Å²) in [7, 11) is 0. The lowest BCUT2D eigenvalue weighted by molar-refractivity contribution is -0.123. The first kappa shape index (κ1) is 12.6. The van der Waals surface area contributed by atoms with Crippen molar-refractivity contribution in [2.24, 2.45) is 17.6 Å². The molecule has 21 heavy (non-hydrogen) atoms. The third-order valence-electron chi connectivity index (χ3n) is 5.14. The Bertz CT molecular complexity index is 683. The second kappa shape index (κ2) is 4.72. The summed E-state index contributed by atoms with van der Waals surface area (Å²) in [5, 5.41) is 0. The van der Waals surface area contributed by atoms with Gasteiger partial charge in [-0.1, -0.05) is 24.3 Å². The number of primary amides is 1. The minimum absolute atomic E-state index is 0.0696. The highest BCUT2D eigenvalue weighted by Crippen LogP contribution is 2.47. The van der Waals surface area contributed by atoms with Crippen LogP contribution in [-0.2, 0) is 4.79 Å². The van der Waals surface area contributed by atoms with Gasteiger partial charge >= 0.3 is 0 Å². The van der Waals surface area contributed by atoms with Crippen molar-refractivity contribution in [1.29, 1.82) is 0 Å². The molecule has 2 N–H and O–H groups in total. The SMILES string of the molecule is NC(=O)[C@H]1CC[C@@H]([C@@H]2c3ccccc3-c3cncn32)CC1. The molecule has 1 aliphatic heterocycles. The molecule has 2 aromatic rings. The van der Waals surface area contributed by atoms with Crippen LogP contribution in [0.4, 0.5) is 0 Å². The summed E-state index contributed by atoms with van der Waals surface area (Å²) in [5.74, 6) is 0.501. The maximum absolute atomic E-state index is 11.3. The summed E-state index contributed by atoms with van der Waals surface area (Å²) in [6.07, 6.45) is 7.86. The Hall–Kier alpha value is -2.10. The van der Waals surface area contributed by atoms with Crippen LogP contribution in [0.25, 0.3) is 11.3 Å². The van der Waals surface area contributed by atoms with Crippen LogP contribution in [0, 0.1) is 11.8 Å². The van der Waals surface area contributed by atoms with E-state index in [1.807, 2.05) is 12.5 Å². The van der Waals surface area contributed by atoms with Gasteiger partial charge in [0.1, 0.15) is 0 Å². The van der Waals surface area contributed by atoms with E-state index < -0.39 is 0 Å². The van der Waals surface area contributed by atoms with Gasteiger partial charge in [-0.25, -0.2) is 4.98 Å². The number of aromatic nitrogens is 2. The molecule has 2 heterocycles. The molecular weight excluding hydrogens is 262 g/mol. The minimum atomic E-state index is -0.136. The monoisotopic (exact) mass is 281 g/mol. The molecule has 1 aromatic heterocycles. The van der Waals surface area contributed by atoms with Gasteiger partial charge in [-0.3, -0.25) is 4.79 Å². The van der Waals surface area contributed by atoms with E-state index in [1.54, 1.807) is 0 Å². The number of carbonyl (C=O) groups excluding carboxylic acids is 1.